The second kappa shape index (κ2) is 8.96. The van der Waals surface area contributed by atoms with Crippen molar-refractivity contribution in [1.82, 2.24) is 0 Å². The predicted molar refractivity (Wildman–Crippen MR) is 80.5 cm³/mol. The number of rotatable bonds is 8. The molecule has 1 aromatic heterocycles. The summed E-state index contributed by atoms with van der Waals surface area (Å²) in [6.07, 6.45) is 0.941. The summed E-state index contributed by atoms with van der Waals surface area (Å²) in [4.78, 5) is 40.8. The highest BCUT2D eigenvalue weighted by molar-refractivity contribution is 7.12. The first-order valence-electron chi connectivity index (χ1n) is 6.43. The van der Waals surface area contributed by atoms with Gasteiger partial charge in [-0.2, -0.15) is 5.06 Å². The van der Waals surface area contributed by atoms with E-state index < -0.39 is 24.3 Å². The Bertz CT molecular complexity index is 553. The van der Waals surface area contributed by atoms with E-state index in [2.05, 4.69) is 11.3 Å². The van der Waals surface area contributed by atoms with E-state index in [0.717, 1.165) is 16.4 Å². The maximum atomic E-state index is 12.2. The fraction of sp³-hybridized carbons (Fsp3) is 0.357. The SMILES string of the molecule is C=CCON(C(=O)CC(=O)OCC)c1ccsc1C(=O)OC. The lowest BCUT2D eigenvalue weighted by atomic mass is 10.3. The van der Waals surface area contributed by atoms with Crippen LogP contribution >= 0.6 is 11.3 Å². The minimum atomic E-state index is -0.672. The van der Waals surface area contributed by atoms with Gasteiger partial charge in [0.15, 0.2) is 0 Å². The van der Waals surface area contributed by atoms with Crippen molar-refractivity contribution in [3.63, 3.8) is 0 Å². The number of anilines is 1. The highest BCUT2D eigenvalue weighted by atomic mass is 32.1. The fourth-order valence-electron chi connectivity index (χ4n) is 1.52. The number of carbonyl (C=O) groups is 3. The van der Waals surface area contributed by atoms with Gasteiger partial charge in [-0.15, -0.1) is 17.9 Å². The van der Waals surface area contributed by atoms with Gasteiger partial charge in [-0.05, 0) is 18.4 Å². The maximum absolute atomic E-state index is 12.2. The van der Waals surface area contributed by atoms with Gasteiger partial charge in [0.1, 0.15) is 11.3 Å². The molecular weight excluding hydrogens is 310 g/mol. The third-order valence-electron chi connectivity index (χ3n) is 2.38. The van der Waals surface area contributed by atoms with Gasteiger partial charge in [0, 0.05) is 0 Å². The Hall–Kier alpha value is -2.19. The van der Waals surface area contributed by atoms with Crippen molar-refractivity contribution in [3.05, 3.63) is 29.0 Å². The molecule has 22 heavy (non-hydrogen) atoms. The van der Waals surface area contributed by atoms with Crippen molar-refractivity contribution in [2.24, 2.45) is 0 Å². The van der Waals surface area contributed by atoms with Gasteiger partial charge in [-0.1, -0.05) is 6.08 Å². The molecule has 8 heteroatoms. The molecule has 0 unspecified atom stereocenters. The molecule has 0 aliphatic carbocycles. The van der Waals surface area contributed by atoms with Crippen LogP contribution in [0, 0.1) is 0 Å². The molecule has 1 amide bonds. The highest BCUT2D eigenvalue weighted by Crippen LogP contribution is 2.28. The fourth-order valence-corrected chi connectivity index (χ4v) is 2.30. The number of carbonyl (C=O) groups excluding carboxylic acids is 3. The van der Waals surface area contributed by atoms with Crippen molar-refractivity contribution in [3.8, 4) is 0 Å². The molecule has 0 saturated carbocycles. The van der Waals surface area contributed by atoms with Gasteiger partial charge in [0.25, 0.3) is 5.91 Å². The average molecular weight is 327 g/mol. The normalized spacial score (nSPS) is 9.91. The zero-order chi connectivity index (χ0) is 16.5. The van der Waals surface area contributed by atoms with E-state index in [1.165, 1.54) is 19.3 Å². The standard InChI is InChI=1S/C14H17NO6S/c1-4-7-21-15(11(16)9-12(17)20-5-2)10-6-8-22-13(10)14(18)19-3/h4,6,8H,1,5,7,9H2,2-3H3. The minimum Gasteiger partial charge on any atom is -0.466 e. The molecule has 0 aromatic carbocycles. The number of hydrogen-bond donors (Lipinski definition) is 0. The molecule has 0 N–H and O–H groups in total. The van der Waals surface area contributed by atoms with Crippen molar-refractivity contribution in [2.45, 2.75) is 13.3 Å². The number of methoxy groups -OCH3 is 1. The Morgan fingerprint density at radius 2 is 2.14 bits per heavy atom. The van der Waals surface area contributed by atoms with Gasteiger partial charge in [0.2, 0.25) is 0 Å². The first kappa shape index (κ1) is 17.9. The van der Waals surface area contributed by atoms with Crippen LogP contribution < -0.4 is 5.06 Å². The molecule has 1 rings (SSSR count). The predicted octanol–water partition coefficient (Wildman–Crippen LogP) is 1.94. The van der Waals surface area contributed by atoms with Crippen LogP contribution in [0.3, 0.4) is 0 Å². The van der Waals surface area contributed by atoms with Crippen LogP contribution in [0.1, 0.15) is 23.0 Å². The lowest BCUT2D eigenvalue weighted by molar-refractivity contribution is -0.146. The van der Waals surface area contributed by atoms with Crippen LogP contribution in [-0.2, 0) is 23.9 Å². The van der Waals surface area contributed by atoms with Gasteiger partial charge in [-0.25, -0.2) is 4.79 Å². The lowest BCUT2D eigenvalue weighted by Gasteiger charge is -2.20. The molecule has 0 fully saturated rings. The summed E-state index contributed by atoms with van der Waals surface area (Å²) in [5.41, 5.74) is 0.216. The van der Waals surface area contributed by atoms with E-state index in [1.54, 1.807) is 12.3 Å². The Morgan fingerprint density at radius 3 is 2.73 bits per heavy atom. The number of esters is 2. The maximum Gasteiger partial charge on any atom is 0.350 e. The lowest BCUT2D eigenvalue weighted by Crippen LogP contribution is -2.34. The summed E-state index contributed by atoms with van der Waals surface area (Å²) in [6.45, 7) is 5.34. The topological polar surface area (TPSA) is 82.1 Å². The van der Waals surface area contributed by atoms with Crippen LogP contribution in [0.15, 0.2) is 24.1 Å². The molecule has 0 saturated heterocycles. The van der Waals surface area contributed by atoms with Gasteiger partial charge < -0.3 is 9.47 Å². The van der Waals surface area contributed by atoms with Crippen molar-refractivity contribution < 1.29 is 28.7 Å². The second-order valence-corrected chi connectivity index (χ2v) is 4.80. The molecule has 0 aliphatic rings. The molecule has 1 heterocycles. The summed E-state index contributed by atoms with van der Waals surface area (Å²) in [5, 5.41) is 2.50. The molecular formula is C14H17NO6S. The van der Waals surface area contributed by atoms with Crippen molar-refractivity contribution >= 4 is 34.9 Å². The van der Waals surface area contributed by atoms with Crippen molar-refractivity contribution in [1.29, 1.82) is 0 Å². The average Bonchev–Trinajstić information content (AvgIpc) is 2.96. The molecule has 0 bridgehead atoms. The summed E-state index contributed by atoms with van der Waals surface area (Å²) in [6, 6.07) is 1.53. The van der Waals surface area contributed by atoms with E-state index in [1.807, 2.05) is 0 Å². The first-order valence-corrected chi connectivity index (χ1v) is 7.31. The minimum absolute atomic E-state index is 0.0328. The van der Waals surface area contributed by atoms with E-state index in [0.29, 0.717) is 0 Å². The van der Waals surface area contributed by atoms with E-state index in [9.17, 15) is 14.4 Å². The molecule has 1 aromatic rings. The number of hydrogen-bond acceptors (Lipinski definition) is 7. The van der Waals surface area contributed by atoms with Gasteiger partial charge >= 0.3 is 11.9 Å². The summed E-state index contributed by atoms with van der Waals surface area (Å²) in [5.74, 6) is -1.92. The van der Waals surface area contributed by atoms with Crippen LogP contribution in [0.25, 0.3) is 0 Å². The summed E-state index contributed by atoms with van der Waals surface area (Å²) >= 11 is 1.10. The van der Waals surface area contributed by atoms with Gasteiger partial charge in [-0.3, -0.25) is 14.4 Å². The van der Waals surface area contributed by atoms with Crippen LogP contribution in [0.2, 0.25) is 0 Å². The third kappa shape index (κ3) is 4.68. The number of thiophene rings is 1. The van der Waals surface area contributed by atoms with Crippen LogP contribution in [-0.4, -0.2) is 38.2 Å². The van der Waals surface area contributed by atoms with Crippen LogP contribution in [0.5, 0.6) is 0 Å². The Kier molecular flexibility index (Phi) is 7.27. The molecule has 0 spiro atoms. The number of hydroxylamine groups is 1. The van der Waals surface area contributed by atoms with E-state index in [4.69, 9.17) is 9.57 Å². The number of amides is 1. The van der Waals surface area contributed by atoms with Gasteiger partial charge in [0.05, 0.1) is 26.0 Å². The molecule has 120 valence electrons. The zero-order valence-electron chi connectivity index (χ0n) is 12.4. The Labute approximate surface area is 132 Å². The molecule has 0 radical (unpaired) electrons. The van der Waals surface area contributed by atoms with Crippen molar-refractivity contribution in [2.75, 3.05) is 25.4 Å². The highest BCUT2D eigenvalue weighted by Gasteiger charge is 2.26. The second-order valence-electron chi connectivity index (χ2n) is 3.88. The smallest absolute Gasteiger partial charge is 0.350 e. The van der Waals surface area contributed by atoms with E-state index >= 15 is 0 Å². The quantitative estimate of drug-likeness (QED) is 0.314. The molecule has 0 aliphatic heterocycles. The first-order chi connectivity index (χ1) is 10.5. The molecule has 0 atom stereocenters. The number of ether oxygens (including phenoxy) is 2. The summed E-state index contributed by atoms with van der Waals surface area (Å²) < 4.78 is 9.39. The Balaban J connectivity index is 3.00. The molecule has 7 nitrogen and oxygen atoms in total. The zero-order valence-corrected chi connectivity index (χ0v) is 13.2. The summed E-state index contributed by atoms with van der Waals surface area (Å²) in [7, 11) is 1.24. The van der Waals surface area contributed by atoms with E-state index in [-0.39, 0.29) is 23.8 Å². The number of nitrogens with zero attached hydrogens (tertiary/aromatic N) is 1. The van der Waals surface area contributed by atoms with Crippen LogP contribution in [0.4, 0.5) is 5.69 Å². The monoisotopic (exact) mass is 327 g/mol. The Morgan fingerprint density at radius 1 is 1.41 bits per heavy atom. The third-order valence-corrected chi connectivity index (χ3v) is 3.27. The largest absolute Gasteiger partial charge is 0.466 e.